The van der Waals surface area contributed by atoms with Crippen LogP contribution < -0.4 is 0 Å². The summed E-state index contributed by atoms with van der Waals surface area (Å²) in [6.45, 7) is 4.65. The van der Waals surface area contributed by atoms with Crippen molar-refractivity contribution >= 4 is 22.4 Å². The summed E-state index contributed by atoms with van der Waals surface area (Å²) in [6, 6.07) is 7.34. The molecule has 0 fully saturated rings. The Bertz CT molecular complexity index is 765. The van der Waals surface area contributed by atoms with Crippen LogP contribution in [0.15, 0.2) is 42.7 Å². The lowest BCUT2D eigenvalue weighted by molar-refractivity contribution is -0.148. The average Bonchev–Trinajstić information content (AvgIpc) is 2.50. The molecule has 1 heterocycles. The second kappa shape index (κ2) is 7.14. The van der Waals surface area contributed by atoms with Crippen molar-refractivity contribution in [3.8, 4) is 0 Å². The predicted molar refractivity (Wildman–Crippen MR) is 87.2 cm³/mol. The van der Waals surface area contributed by atoms with Gasteiger partial charge in [0.25, 0.3) is 0 Å². The molecule has 1 aromatic carbocycles. The zero-order chi connectivity index (χ0) is 18.7. The first-order valence-corrected chi connectivity index (χ1v) is 8.79. The van der Waals surface area contributed by atoms with E-state index in [-0.39, 0.29) is 10.9 Å². The van der Waals surface area contributed by atoms with Crippen LogP contribution in [0.4, 0.5) is 4.79 Å². The SMILES string of the molecule is CC(C)(C)OC(=O)N1[C@H](C(=O)OCc2ccccc2)C=COS1(=O)=O. The number of ether oxygens (including phenoxy) is 2. The van der Waals surface area contributed by atoms with Gasteiger partial charge in [-0.1, -0.05) is 30.3 Å². The largest absolute Gasteiger partial charge is 0.459 e. The van der Waals surface area contributed by atoms with Crippen molar-refractivity contribution in [3.63, 3.8) is 0 Å². The molecule has 1 aliphatic heterocycles. The Kier molecular flexibility index (Phi) is 5.36. The first-order valence-electron chi connectivity index (χ1n) is 7.43. The number of benzene rings is 1. The maximum atomic E-state index is 12.3. The predicted octanol–water partition coefficient (Wildman–Crippen LogP) is 2.12. The Balaban J connectivity index is 2.17. The van der Waals surface area contributed by atoms with Crippen LogP contribution in [0.25, 0.3) is 0 Å². The van der Waals surface area contributed by atoms with E-state index in [0.29, 0.717) is 0 Å². The van der Waals surface area contributed by atoms with Crippen molar-refractivity contribution in [3.05, 3.63) is 48.2 Å². The van der Waals surface area contributed by atoms with E-state index in [2.05, 4.69) is 4.18 Å². The normalized spacial score (nSPS) is 19.0. The molecule has 0 radical (unpaired) electrons. The van der Waals surface area contributed by atoms with Gasteiger partial charge in [0.05, 0.1) is 0 Å². The molecule has 1 atom stereocenters. The number of carbonyl (C=O) groups is 2. The van der Waals surface area contributed by atoms with E-state index in [9.17, 15) is 18.0 Å². The molecule has 25 heavy (non-hydrogen) atoms. The molecule has 8 nitrogen and oxygen atoms in total. The summed E-state index contributed by atoms with van der Waals surface area (Å²) < 4.78 is 38.9. The highest BCUT2D eigenvalue weighted by Gasteiger charge is 2.44. The molecule has 0 bridgehead atoms. The van der Waals surface area contributed by atoms with Gasteiger partial charge < -0.3 is 13.7 Å². The van der Waals surface area contributed by atoms with Crippen LogP contribution in [-0.2, 0) is 35.4 Å². The van der Waals surface area contributed by atoms with Crippen molar-refractivity contribution < 1.29 is 31.7 Å². The lowest BCUT2D eigenvalue weighted by Gasteiger charge is -2.30. The maximum Gasteiger partial charge on any atom is 0.427 e. The molecule has 1 amide bonds. The number of rotatable bonds is 3. The van der Waals surface area contributed by atoms with Crippen LogP contribution in [0.3, 0.4) is 0 Å². The van der Waals surface area contributed by atoms with Crippen molar-refractivity contribution in [2.45, 2.75) is 39.0 Å². The van der Waals surface area contributed by atoms with Gasteiger partial charge >= 0.3 is 22.4 Å². The summed E-state index contributed by atoms with van der Waals surface area (Å²) in [5, 5.41) is 0. The van der Waals surface area contributed by atoms with Gasteiger partial charge in [-0.15, -0.1) is 0 Å². The minimum absolute atomic E-state index is 0.0624. The third kappa shape index (κ3) is 4.96. The fraction of sp³-hybridized carbons (Fsp3) is 0.375. The van der Waals surface area contributed by atoms with E-state index < -0.39 is 34.0 Å². The van der Waals surface area contributed by atoms with E-state index in [4.69, 9.17) is 9.47 Å². The highest BCUT2D eigenvalue weighted by atomic mass is 32.2. The van der Waals surface area contributed by atoms with Gasteiger partial charge in [0.15, 0.2) is 6.04 Å². The summed E-state index contributed by atoms with van der Waals surface area (Å²) in [7, 11) is -4.50. The molecule has 9 heteroatoms. The first kappa shape index (κ1) is 18.8. The summed E-state index contributed by atoms with van der Waals surface area (Å²) >= 11 is 0. The summed E-state index contributed by atoms with van der Waals surface area (Å²) in [6.07, 6.45) is 0.710. The molecule has 1 aliphatic rings. The van der Waals surface area contributed by atoms with E-state index in [0.717, 1.165) is 17.9 Å². The van der Waals surface area contributed by atoms with Gasteiger partial charge in [-0.2, -0.15) is 12.7 Å². The van der Waals surface area contributed by atoms with Gasteiger partial charge in [0.2, 0.25) is 0 Å². The van der Waals surface area contributed by atoms with Crippen LogP contribution in [0.5, 0.6) is 0 Å². The number of esters is 1. The molecule has 0 N–H and O–H groups in total. The van der Waals surface area contributed by atoms with Gasteiger partial charge in [-0.25, -0.2) is 9.59 Å². The zero-order valence-corrected chi connectivity index (χ0v) is 14.9. The molecule has 0 saturated heterocycles. The molecular formula is C16H19NO7S. The summed E-state index contributed by atoms with van der Waals surface area (Å²) in [4.78, 5) is 24.5. The summed E-state index contributed by atoms with van der Waals surface area (Å²) in [5.41, 5.74) is -0.231. The maximum absolute atomic E-state index is 12.3. The third-order valence-electron chi connectivity index (χ3n) is 2.97. The molecular weight excluding hydrogens is 350 g/mol. The molecule has 0 aromatic heterocycles. The molecule has 0 aliphatic carbocycles. The van der Waals surface area contributed by atoms with Gasteiger partial charge in [-0.3, -0.25) is 0 Å². The monoisotopic (exact) mass is 369 g/mol. The Hall–Kier alpha value is -2.55. The van der Waals surface area contributed by atoms with Gasteiger partial charge in [0.1, 0.15) is 18.5 Å². The number of hydrogen-bond acceptors (Lipinski definition) is 7. The molecule has 0 spiro atoms. The minimum atomic E-state index is -4.50. The quantitative estimate of drug-likeness (QED) is 0.753. The van der Waals surface area contributed by atoms with Crippen molar-refractivity contribution in [1.29, 1.82) is 0 Å². The third-order valence-corrected chi connectivity index (χ3v) is 4.18. The van der Waals surface area contributed by atoms with Gasteiger partial charge in [-0.05, 0) is 32.4 Å². The Labute approximate surface area is 146 Å². The number of amides is 1. The van der Waals surface area contributed by atoms with Crippen LogP contribution in [0, 0.1) is 0 Å². The Morgan fingerprint density at radius 3 is 2.44 bits per heavy atom. The second-order valence-electron chi connectivity index (χ2n) is 6.20. The molecule has 2 rings (SSSR count). The molecule has 0 unspecified atom stereocenters. The zero-order valence-electron chi connectivity index (χ0n) is 14.0. The topological polar surface area (TPSA) is 99.2 Å². The lowest BCUT2D eigenvalue weighted by Crippen LogP contribution is -2.51. The van der Waals surface area contributed by atoms with E-state index in [1.54, 1.807) is 45.0 Å². The molecule has 1 aromatic rings. The highest BCUT2D eigenvalue weighted by molar-refractivity contribution is 7.85. The van der Waals surface area contributed by atoms with Crippen molar-refractivity contribution in [2.75, 3.05) is 0 Å². The van der Waals surface area contributed by atoms with Crippen LogP contribution in [0.2, 0.25) is 0 Å². The smallest absolute Gasteiger partial charge is 0.427 e. The minimum Gasteiger partial charge on any atom is -0.459 e. The van der Waals surface area contributed by atoms with E-state index in [1.807, 2.05) is 6.07 Å². The van der Waals surface area contributed by atoms with Crippen LogP contribution in [0.1, 0.15) is 26.3 Å². The standard InChI is InChI=1S/C16H19NO7S/c1-16(2,3)24-15(19)17-13(9-10-23-25(17,20)21)14(18)22-11-12-7-5-4-6-8-12/h4-10,13H,11H2,1-3H3/t13-/m0/s1. The number of nitrogens with zero attached hydrogens (tertiary/aromatic N) is 1. The van der Waals surface area contributed by atoms with Crippen LogP contribution in [-0.4, -0.2) is 36.4 Å². The van der Waals surface area contributed by atoms with E-state index in [1.165, 1.54) is 0 Å². The molecule has 136 valence electrons. The van der Waals surface area contributed by atoms with Crippen LogP contribution >= 0.6 is 0 Å². The van der Waals surface area contributed by atoms with Crippen molar-refractivity contribution in [1.82, 2.24) is 4.31 Å². The van der Waals surface area contributed by atoms with Crippen molar-refractivity contribution in [2.24, 2.45) is 0 Å². The highest BCUT2D eigenvalue weighted by Crippen LogP contribution is 2.22. The number of hydrogen-bond donors (Lipinski definition) is 0. The van der Waals surface area contributed by atoms with E-state index >= 15 is 0 Å². The fourth-order valence-corrected chi connectivity index (χ4v) is 2.89. The first-order chi connectivity index (χ1) is 11.6. The second-order valence-corrected chi connectivity index (χ2v) is 7.64. The Morgan fingerprint density at radius 1 is 1.20 bits per heavy atom. The Morgan fingerprint density at radius 2 is 1.84 bits per heavy atom. The van der Waals surface area contributed by atoms with Gasteiger partial charge in [0, 0.05) is 0 Å². The molecule has 0 saturated carbocycles. The fourth-order valence-electron chi connectivity index (χ4n) is 1.94. The lowest BCUT2D eigenvalue weighted by atomic mass is 10.2. The average molecular weight is 369 g/mol. The summed E-state index contributed by atoms with van der Waals surface area (Å²) in [5.74, 6) is -0.919. The number of carbonyl (C=O) groups excluding carboxylic acids is 2.